The summed E-state index contributed by atoms with van der Waals surface area (Å²) < 4.78 is 5.19. The normalized spacial score (nSPS) is 26.5. The lowest BCUT2D eigenvalue weighted by Crippen LogP contribution is -2.62. The molecule has 2 nitrogen and oxygen atoms in total. The van der Waals surface area contributed by atoms with Crippen molar-refractivity contribution in [1.29, 1.82) is 0 Å². The van der Waals surface area contributed by atoms with Crippen molar-refractivity contribution in [3.63, 3.8) is 0 Å². The molecule has 0 amide bonds. The molecule has 1 aliphatic carbocycles. The van der Waals surface area contributed by atoms with Crippen LogP contribution in [0.15, 0.2) is 0 Å². The predicted molar refractivity (Wildman–Crippen MR) is 46.7 cm³/mol. The fourth-order valence-corrected chi connectivity index (χ4v) is 1.84. The van der Waals surface area contributed by atoms with Crippen molar-refractivity contribution in [2.45, 2.75) is 32.8 Å². The fourth-order valence-electron chi connectivity index (χ4n) is 1.84. The molecule has 0 atom stereocenters. The molecule has 1 N–H and O–H groups in total. The van der Waals surface area contributed by atoms with Crippen LogP contribution in [0.2, 0.25) is 0 Å². The van der Waals surface area contributed by atoms with E-state index in [-0.39, 0.29) is 0 Å². The van der Waals surface area contributed by atoms with E-state index in [1.54, 1.807) is 0 Å². The Hall–Kier alpha value is -0.0800. The molecule has 0 unspecified atom stereocenters. The van der Waals surface area contributed by atoms with Crippen molar-refractivity contribution in [1.82, 2.24) is 5.32 Å². The molecule has 0 aromatic rings. The summed E-state index contributed by atoms with van der Waals surface area (Å²) in [5.41, 5.74) is 0.681. The van der Waals surface area contributed by atoms with Gasteiger partial charge in [0.15, 0.2) is 0 Å². The molecule has 2 aliphatic rings. The van der Waals surface area contributed by atoms with E-state index in [1.807, 2.05) is 21.0 Å². The molecule has 1 heterocycles. The third-order valence-electron chi connectivity index (χ3n) is 2.65. The molecule has 0 radical (unpaired) electrons. The molecule has 1 saturated carbocycles. The smallest absolute Gasteiger partial charge is 0.0583 e. The largest absolute Gasteiger partial charge is 0.381 e. The van der Waals surface area contributed by atoms with E-state index in [9.17, 15) is 0 Å². The second-order valence-electron chi connectivity index (χ2n) is 3.37. The van der Waals surface area contributed by atoms with Gasteiger partial charge in [0.1, 0.15) is 0 Å². The van der Waals surface area contributed by atoms with Gasteiger partial charge in [0, 0.05) is 25.6 Å². The van der Waals surface area contributed by atoms with Crippen molar-refractivity contribution in [2.24, 2.45) is 5.41 Å². The molecule has 66 valence electrons. The molecule has 1 spiro atoms. The van der Waals surface area contributed by atoms with Gasteiger partial charge in [-0.3, -0.25) is 0 Å². The minimum absolute atomic E-state index is 0.576. The highest BCUT2D eigenvalue weighted by atomic mass is 16.5. The van der Waals surface area contributed by atoms with E-state index < -0.39 is 0 Å². The van der Waals surface area contributed by atoms with Gasteiger partial charge < -0.3 is 10.1 Å². The first kappa shape index (κ1) is 9.01. The Labute approximate surface area is 69.3 Å². The highest BCUT2D eigenvalue weighted by molar-refractivity contribution is 5.03. The highest BCUT2D eigenvalue weighted by Crippen LogP contribution is 2.45. The first-order valence-corrected chi connectivity index (χ1v) is 4.58. The summed E-state index contributed by atoms with van der Waals surface area (Å²) >= 11 is 0. The fraction of sp³-hybridized carbons (Fsp3) is 1.00. The lowest BCUT2D eigenvalue weighted by atomic mass is 9.63. The number of nitrogens with one attached hydrogen (secondary N) is 1. The standard InChI is InChI=1S/C7H13NO.C2H6/c1-9-6-2-7(3-6)4-8-5-7;1-2/h6,8H,2-5H2,1H3;1-2H3. The van der Waals surface area contributed by atoms with Crippen molar-refractivity contribution < 1.29 is 4.74 Å². The molecule has 0 bridgehead atoms. The zero-order chi connectivity index (χ0) is 8.32. The lowest BCUT2D eigenvalue weighted by Gasteiger charge is -2.53. The average molecular weight is 157 g/mol. The molecular weight excluding hydrogens is 138 g/mol. The summed E-state index contributed by atoms with van der Waals surface area (Å²) in [5, 5.41) is 3.29. The van der Waals surface area contributed by atoms with E-state index >= 15 is 0 Å². The molecule has 1 aliphatic heterocycles. The number of hydrogen-bond acceptors (Lipinski definition) is 2. The summed E-state index contributed by atoms with van der Waals surface area (Å²) in [6, 6.07) is 0. The third-order valence-corrected chi connectivity index (χ3v) is 2.65. The van der Waals surface area contributed by atoms with E-state index in [4.69, 9.17) is 4.74 Å². The van der Waals surface area contributed by atoms with Crippen LogP contribution >= 0.6 is 0 Å². The Bertz CT molecular complexity index is 113. The second kappa shape index (κ2) is 3.55. The number of hydrogen-bond donors (Lipinski definition) is 1. The van der Waals surface area contributed by atoms with Crippen LogP contribution in [-0.4, -0.2) is 26.3 Å². The van der Waals surface area contributed by atoms with Crippen LogP contribution in [0.1, 0.15) is 26.7 Å². The van der Waals surface area contributed by atoms with Gasteiger partial charge in [-0.15, -0.1) is 0 Å². The quantitative estimate of drug-likeness (QED) is 0.621. The van der Waals surface area contributed by atoms with Crippen molar-refractivity contribution in [3.8, 4) is 0 Å². The third kappa shape index (κ3) is 1.57. The number of rotatable bonds is 1. The zero-order valence-corrected chi connectivity index (χ0v) is 7.81. The van der Waals surface area contributed by atoms with Crippen LogP contribution in [0.3, 0.4) is 0 Å². The molecule has 0 aromatic carbocycles. The first-order valence-electron chi connectivity index (χ1n) is 4.58. The molecule has 2 fully saturated rings. The van der Waals surface area contributed by atoms with Crippen LogP contribution in [0.25, 0.3) is 0 Å². The summed E-state index contributed by atoms with van der Waals surface area (Å²) in [4.78, 5) is 0. The van der Waals surface area contributed by atoms with Crippen LogP contribution in [0.5, 0.6) is 0 Å². The van der Waals surface area contributed by atoms with Gasteiger partial charge >= 0.3 is 0 Å². The van der Waals surface area contributed by atoms with E-state index in [1.165, 1.54) is 25.9 Å². The van der Waals surface area contributed by atoms with Gasteiger partial charge in [-0.1, -0.05) is 13.8 Å². The maximum atomic E-state index is 5.19. The monoisotopic (exact) mass is 157 g/mol. The summed E-state index contributed by atoms with van der Waals surface area (Å²) in [5.74, 6) is 0. The number of methoxy groups -OCH3 is 1. The predicted octanol–water partition coefficient (Wildman–Crippen LogP) is 1.41. The van der Waals surface area contributed by atoms with Gasteiger partial charge in [-0.05, 0) is 12.8 Å². The molecule has 1 saturated heterocycles. The van der Waals surface area contributed by atoms with E-state index in [2.05, 4.69) is 5.32 Å². The topological polar surface area (TPSA) is 21.3 Å². The Morgan fingerprint density at radius 2 is 1.82 bits per heavy atom. The molecule has 2 heteroatoms. The molecule has 0 aromatic heterocycles. The van der Waals surface area contributed by atoms with Crippen LogP contribution in [0, 0.1) is 5.41 Å². The molecular formula is C9H19NO. The zero-order valence-electron chi connectivity index (χ0n) is 7.81. The van der Waals surface area contributed by atoms with Gasteiger partial charge in [0.05, 0.1) is 6.10 Å². The van der Waals surface area contributed by atoms with E-state index in [0.29, 0.717) is 11.5 Å². The van der Waals surface area contributed by atoms with E-state index in [0.717, 1.165) is 0 Å². The average Bonchev–Trinajstić information content (AvgIpc) is 1.87. The van der Waals surface area contributed by atoms with Gasteiger partial charge in [-0.25, -0.2) is 0 Å². The maximum absolute atomic E-state index is 5.19. The van der Waals surface area contributed by atoms with Gasteiger partial charge in [0.2, 0.25) is 0 Å². The Kier molecular flexibility index (Phi) is 2.90. The first-order chi connectivity index (χ1) is 5.35. The Balaban J connectivity index is 0.000000281. The van der Waals surface area contributed by atoms with Crippen molar-refractivity contribution in [2.75, 3.05) is 20.2 Å². The maximum Gasteiger partial charge on any atom is 0.0583 e. The van der Waals surface area contributed by atoms with Crippen molar-refractivity contribution >= 4 is 0 Å². The highest BCUT2D eigenvalue weighted by Gasteiger charge is 2.48. The second-order valence-corrected chi connectivity index (χ2v) is 3.37. The van der Waals surface area contributed by atoms with Crippen LogP contribution in [0.4, 0.5) is 0 Å². The summed E-state index contributed by atoms with van der Waals surface area (Å²) in [6.07, 6.45) is 3.15. The Morgan fingerprint density at radius 3 is 2.09 bits per heavy atom. The molecule has 11 heavy (non-hydrogen) atoms. The van der Waals surface area contributed by atoms with Crippen LogP contribution < -0.4 is 5.32 Å². The Morgan fingerprint density at radius 1 is 1.27 bits per heavy atom. The van der Waals surface area contributed by atoms with Gasteiger partial charge in [-0.2, -0.15) is 0 Å². The summed E-state index contributed by atoms with van der Waals surface area (Å²) in [7, 11) is 1.81. The van der Waals surface area contributed by atoms with Gasteiger partial charge in [0.25, 0.3) is 0 Å². The van der Waals surface area contributed by atoms with Crippen molar-refractivity contribution in [3.05, 3.63) is 0 Å². The minimum atomic E-state index is 0.576. The minimum Gasteiger partial charge on any atom is -0.381 e. The lowest BCUT2D eigenvalue weighted by molar-refractivity contribution is -0.0850. The van der Waals surface area contributed by atoms with Crippen LogP contribution in [-0.2, 0) is 4.74 Å². The SMILES string of the molecule is CC.COC1CC2(CNC2)C1. The molecule has 2 rings (SSSR count). The number of ether oxygens (including phenoxy) is 1. The summed E-state index contributed by atoms with van der Waals surface area (Å²) in [6.45, 7) is 6.46.